The van der Waals surface area contributed by atoms with Crippen LogP contribution in [0.15, 0.2) is 16.7 Å². The van der Waals surface area contributed by atoms with Crippen LogP contribution in [0.1, 0.15) is 51.0 Å². The summed E-state index contributed by atoms with van der Waals surface area (Å²) in [4.78, 5) is 0. The number of hydrogen-bond acceptors (Lipinski definition) is 2. The zero-order chi connectivity index (χ0) is 10.2. The van der Waals surface area contributed by atoms with Gasteiger partial charge in [0.25, 0.3) is 0 Å². The van der Waals surface area contributed by atoms with Crippen molar-refractivity contribution in [3.63, 3.8) is 0 Å². The van der Waals surface area contributed by atoms with Crippen molar-refractivity contribution >= 4 is 5.88 Å². The van der Waals surface area contributed by atoms with Crippen LogP contribution in [-0.2, 0) is 6.42 Å². The maximum Gasteiger partial charge on any atom is 0.193 e. The summed E-state index contributed by atoms with van der Waals surface area (Å²) in [5.74, 6) is 0.596. The highest BCUT2D eigenvalue weighted by Crippen LogP contribution is 2.16. The molecule has 14 heavy (non-hydrogen) atoms. The predicted octanol–water partition coefficient (Wildman–Crippen LogP) is 3.76. The average molecular weight is 195 g/mol. The average Bonchev–Trinajstić information content (AvgIpc) is 2.58. The van der Waals surface area contributed by atoms with Crippen LogP contribution >= 0.6 is 0 Å². The summed E-state index contributed by atoms with van der Waals surface area (Å²) in [7, 11) is 0. The molecule has 80 valence electrons. The Hall–Kier alpha value is -0.920. The van der Waals surface area contributed by atoms with E-state index in [-0.39, 0.29) is 0 Å². The number of hydrogen-bond donors (Lipinski definition) is 1. The Kier molecular flexibility index (Phi) is 5.20. The van der Waals surface area contributed by atoms with Crippen LogP contribution in [0, 0.1) is 0 Å². The standard InChI is InChI=1S/C12H21NO/c1-2-3-4-5-6-7-8-11-9-10-14-12(11)13/h9-10H,2-8,13H2,1H3. The fourth-order valence-electron chi connectivity index (χ4n) is 1.65. The summed E-state index contributed by atoms with van der Waals surface area (Å²) in [6.07, 6.45) is 10.7. The number of furan rings is 1. The Balaban J connectivity index is 2.02. The summed E-state index contributed by atoms with van der Waals surface area (Å²) >= 11 is 0. The van der Waals surface area contributed by atoms with E-state index in [0.717, 1.165) is 6.42 Å². The van der Waals surface area contributed by atoms with Gasteiger partial charge in [-0.3, -0.25) is 0 Å². The van der Waals surface area contributed by atoms with Crippen LogP contribution in [-0.4, -0.2) is 0 Å². The Morgan fingerprint density at radius 1 is 1.14 bits per heavy atom. The molecule has 1 aromatic rings. The van der Waals surface area contributed by atoms with Gasteiger partial charge in [0, 0.05) is 5.56 Å². The molecule has 0 bridgehead atoms. The first-order valence-electron chi connectivity index (χ1n) is 5.66. The minimum atomic E-state index is 0.596. The number of anilines is 1. The van der Waals surface area contributed by atoms with Gasteiger partial charge in [0.2, 0.25) is 0 Å². The lowest BCUT2D eigenvalue weighted by Crippen LogP contribution is -1.90. The van der Waals surface area contributed by atoms with E-state index in [2.05, 4.69) is 6.92 Å². The number of unbranched alkanes of at least 4 members (excludes halogenated alkanes) is 5. The number of aryl methyl sites for hydroxylation is 1. The molecule has 0 unspecified atom stereocenters. The van der Waals surface area contributed by atoms with Crippen molar-refractivity contribution in [1.29, 1.82) is 0 Å². The Morgan fingerprint density at radius 2 is 1.86 bits per heavy atom. The summed E-state index contributed by atoms with van der Waals surface area (Å²) in [6.45, 7) is 2.24. The van der Waals surface area contributed by atoms with Gasteiger partial charge in [0.15, 0.2) is 5.88 Å². The second-order valence-electron chi connectivity index (χ2n) is 3.83. The van der Waals surface area contributed by atoms with Crippen molar-refractivity contribution in [1.82, 2.24) is 0 Å². The van der Waals surface area contributed by atoms with Crippen molar-refractivity contribution in [2.24, 2.45) is 0 Å². The molecule has 0 spiro atoms. The van der Waals surface area contributed by atoms with Gasteiger partial charge in [-0.05, 0) is 18.9 Å². The van der Waals surface area contributed by atoms with Gasteiger partial charge in [-0.1, -0.05) is 39.0 Å². The molecular formula is C12H21NO. The maximum atomic E-state index is 5.64. The molecule has 0 aliphatic heterocycles. The second kappa shape index (κ2) is 6.52. The van der Waals surface area contributed by atoms with Crippen molar-refractivity contribution in [3.05, 3.63) is 17.9 Å². The summed E-state index contributed by atoms with van der Waals surface area (Å²) in [6, 6.07) is 1.97. The fourth-order valence-corrected chi connectivity index (χ4v) is 1.65. The summed E-state index contributed by atoms with van der Waals surface area (Å²) in [5, 5.41) is 0. The van der Waals surface area contributed by atoms with Gasteiger partial charge in [-0.25, -0.2) is 0 Å². The third-order valence-electron chi connectivity index (χ3n) is 2.58. The van der Waals surface area contributed by atoms with Crippen LogP contribution in [0.2, 0.25) is 0 Å². The molecule has 0 atom stereocenters. The minimum Gasteiger partial charge on any atom is -0.449 e. The van der Waals surface area contributed by atoms with Crippen LogP contribution in [0.5, 0.6) is 0 Å². The van der Waals surface area contributed by atoms with Crippen molar-refractivity contribution < 1.29 is 4.42 Å². The first-order chi connectivity index (χ1) is 6.84. The van der Waals surface area contributed by atoms with E-state index in [1.54, 1.807) is 6.26 Å². The minimum absolute atomic E-state index is 0.596. The molecule has 0 amide bonds. The molecule has 0 aromatic carbocycles. The molecule has 0 aliphatic carbocycles. The first-order valence-corrected chi connectivity index (χ1v) is 5.66. The van der Waals surface area contributed by atoms with Crippen LogP contribution in [0.4, 0.5) is 5.88 Å². The molecule has 0 radical (unpaired) electrons. The zero-order valence-electron chi connectivity index (χ0n) is 9.09. The lowest BCUT2D eigenvalue weighted by atomic mass is 10.1. The van der Waals surface area contributed by atoms with E-state index in [1.807, 2.05) is 6.07 Å². The highest BCUT2D eigenvalue weighted by molar-refractivity contribution is 5.35. The van der Waals surface area contributed by atoms with E-state index in [0.29, 0.717) is 5.88 Å². The van der Waals surface area contributed by atoms with Gasteiger partial charge in [0.1, 0.15) is 0 Å². The van der Waals surface area contributed by atoms with Gasteiger partial charge < -0.3 is 10.2 Å². The molecule has 2 N–H and O–H groups in total. The smallest absolute Gasteiger partial charge is 0.193 e. The zero-order valence-corrected chi connectivity index (χ0v) is 9.09. The van der Waals surface area contributed by atoms with Gasteiger partial charge >= 0.3 is 0 Å². The topological polar surface area (TPSA) is 39.2 Å². The van der Waals surface area contributed by atoms with E-state index in [1.165, 1.54) is 44.1 Å². The van der Waals surface area contributed by atoms with Gasteiger partial charge in [-0.2, -0.15) is 0 Å². The monoisotopic (exact) mass is 195 g/mol. The van der Waals surface area contributed by atoms with E-state index in [4.69, 9.17) is 10.2 Å². The molecule has 1 heterocycles. The highest BCUT2D eigenvalue weighted by atomic mass is 16.3. The van der Waals surface area contributed by atoms with Gasteiger partial charge in [-0.15, -0.1) is 0 Å². The molecule has 2 nitrogen and oxygen atoms in total. The normalized spacial score (nSPS) is 10.6. The molecular weight excluding hydrogens is 174 g/mol. The maximum absolute atomic E-state index is 5.64. The molecule has 0 fully saturated rings. The molecule has 0 saturated carbocycles. The number of rotatable bonds is 7. The summed E-state index contributed by atoms with van der Waals surface area (Å²) < 4.78 is 5.04. The van der Waals surface area contributed by atoms with Gasteiger partial charge in [0.05, 0.1) is 6.26 Å². The Labute approximate surface area is 86.5 Å². The molecule has 0 saturated heterocycles. The lowest BCUT2D eigenvalue weighted by molar-refractivity contribution is 0.580. The number of nitrogen functional groups attached to an aromatic ring is 1. The van der Waals surface area contributed by atoms with Crippen LogP contribution in [0.3, 0.4) is 0 Å². The molecule has 0 aliphatic rings. The van der Waals surface area contributed by atoms with Crippen LogP contribution in [0.25, 0.3) is 0 Å². The largest absolute Gasteiger partial charge is 0.449 e. The molecule has 2 heteroatoms. The quantitative estimate of drug-likeness (QED) is 0.673. The lowest BCUT2D eigenvalue weighted by Gasteiger charge is -1.99. The van der Waals surface area contributed by atoms with E-state index < -0.39 is 0 Å². The summed E-state index contributed by atoms with van der Waals surface area (Å²) in [5.41, 5.74) is 6.80. The predicted molar refractivity (Wildman–Crippen MR) is 60.2 cm³/mol. The van der Waals surface area contributed by atoms with Crippen LogP contribution < -0.4 is 5.73 Å². The first kappa shape index (κ1) is 11.2. The van der Waals surface area contributed by atoms with Crippen molar-refractivity contribution in [2.75, 3.05) is 5.73 Å². The third kappa shape index (κ3) is 3.86. The van der Waals surface area contributed by atoms with E-state index >= 15 is 0 Å². The van der Waals surface area contributed by atoms with E-state index in [9.17, 15) is 0 Å². The third-order valence-corrected chi connectivity index (χ3v) is 2.58. The number of nitrogens with two attached hydrogens (primary N) is 1. The fraction of sp³-hybridized carbons (Fsp3) is 0.667. The highest BCUT2D eigenvalue weighted by Gasteiger charge is 2.00. The Morgan fingerprint density at radius 3 is 2.50 bits per heavy atom. The molecule has 1 aromatic heterocycles. The SMILES string of the molecule is CCCCCCCCc1ccoc1N. The Bertz CT molecular complexity index is 242. The molecule has 1 rings (SSSR count). The van der Waals surface area contributed by atoms with Crippen molar-refractivity contribution in [3.8, 4) is 0 Å². The van der Waals surface area contributed by atoms with Crippen molar-refractivity contribution in [2.45, 2.75) is 51.9 Å². The second-order valence-corrected chi connectivity index (χ2v) is 3.83.